The van der Waals surface area contributed by atoms with Crippen molar-refractivity contribution in [2.45, 2.75) is 25.4 Å². The molecule has 1 aromatic carbocycles. The van der Waals surface area contributed by atoms with E-state index < -0.39 is 5.82 Å². The summed E-state index contributed by atoms with van der Waals surface area (Å²) in [5.74, 6) is -0.378. The highest BCUT2D eigenvalue weighted by Crippen LogP contribution is 2.27. The first-order chi connectivity index (χ1) is 15.6. The SMILES string of the molecule is NC1CCCN(c2nc(-c3cc(-c4ccon4)n(Cc4ccccc4F)n3)ncc2F)C1. The van der Waals surface area contributed by atoms with E-state index in [1.165, 1.54) is 12.3 Å². The molecule has 1 aliphatic heterocycles. The molecule has 2 N–H and O–H groups in total. The number of nitrogens with two attached hydrogens (primary N) is 1. The van der Waals surface area contributed by atoms with E-state index in [2.05, 4.69) is 20.2 Å². The standard InChI is InChI=1S/C22H21F2N7O/c23-16-6-2-1-4-14(16)12-31-20(18-7-9-32-29-18)10-19(28-31)21-26-11-17(24)22(27-21)30-8-3-5-15(25)13-30/h1-2,4,6-7,9-11,15H,3,5,8,12-13,25H2. The zero-order valence-electron chi connectivity index (χ0n) is 17.2. The van der Waals surface area contributed by atoms with Gasteiger partial charge in [-0.1, -0.05) is 23.4 Å². The molecule has 1 saturated heterocycles. The Bertz CT molecular complexity index is 1230. The van der Waals surface area contributed by atoms with Crippen LogP contribution in [0.1, 0.15) is 18.4 Å². The highest BCUT2D eigenvalue weighted by atomic mass is 19.1. The van der Waals surface area contributed by atoms with Crippen LogP contribution < -0.4 is 10.6 Å². The van der Waals surface area contributed by atoms with Crippen LogP contribution in [0.5, 0.6) is 0 Å². The molecule has 8 nitrogen and oxygen atoms in total. The van der Waals surface area contributed by atoms with Crippen LogP contribution in [0.25, 0.3) is 22.9 Å². The van der Waals surface area contributed by atoms with Gasteiger partial charge in [-0.15, -0.1) is 0 Å². The Balaban J connectivity index is 1.54. The van der Waals surface area contributed by atoms with Crippen LogP contribution in [0.4, 0.5) is 14.6 Å². The molecule has 0 aliphatic carbocycles. The number of rotatable bonds is 5. The number of hydrogen-bond acceptors (Lipinski definition) is 7. The lowest BCUT2D eigenvalue weighted by Gasteiger charge is -2.31. The van der Waals surface area contributed by atoms with Crippen LogP contribution >= 0.6 is 0 Å². The van der Waals surface area contributed by atoms with Crippen molar-refractivity contribution < 1.29 is 13.3 Å². The van der Waals surface area contributed by atoms with Crippen molar-refractivity contribution in [3.8, 4) is 22.9 Å². The molecule has 0 spiro atoms. The number of nitrogens with zero attached hydrogens (tertiary/aromatic N) is 6. The molecule has 4 aromatic rings. The highest BCUT2D eigenvalue weighted by molar-refractivity contribution is 5.63. The van der Waals surface area contributed by atoms with Crippen LogP contribution in [-0.4, -0.2) is 44.0 Å². The lowest BCUT2D eigenvalue weighted by molar-refractivity contribution is 0.421. The molecular formula is C22H21F2N7O. The quantitative estimate of drug-likeness (QED) is 0.512. The molecule has 3 aromatic heterocycles. The van der Waals surface area contributed by atoms with E-state index >= 15 is 0 Å². The minimum atomic E-state index is -0.509. The van der Waals surface area contributed by atoms with Gasteiger partial charge in [0.05, 0.1) is 18.4 Å². The topological polar surface area (TPSA) is 98.9 Å². The van der Waals surface area contributed by atoms with Gasteiger partial charge in [-0.2, -0.15) is 5.10 Å². The van der Waals surface area contributed by atoms with Gasteiger partial charge in [0.25, 0.3) is 0 Å². The normalized spacial score (nSPS) is 16.5. The van der Waals surface area contributed by atoms with E-state index in [1.54, 1.807) is 35.0 Å². The van der Waals surface area contributed by atoms with Crippen LogP contribution in [0.3, 0.4) is 0 Å². The predicted molar refractivity (Wildman–Crippen MR) is 114 cm³/mol. The van der Waals surface area contributed by atoms with E-state index in [-0.39, 0.29) is 30.0 Å². The van der Waals surface area contributed by atoms with Gasteiger partial charge >= 0.3 is 0 Å². The summed E-state index contributed by atoms with van der Waals surface area (Å²) in [6.07, 6.45) is 4.36. The number of benzene rings is 1. The van der Waals surface area contributed by atoms with E-state index in [0.29, 0.717) is 35.7 Å². The first-order valence-electron chi connectivity index (χ1n) is 10.3. The molecule has 1 unspecified atom stereocenters. The summed E-state index contributed by atoms with van der Waals surface area (Å²) in [4.78, 5) is 10.4. The Labute approximate surface area is 182 Å². The predicted octanol–water partition coefficient (Wildman–Crippen LogP) is 3.25. The number of halogens is 2. The molecule has 1 atom stereocenters. The van der Waals surface area contributed by atoms with Gasteiger partial charge in [-0.05, 0) is 25.0 Å². The molecule has 0 amide bonds. The Morgan fingerprint density at radius 3 is 2.78 bits per heavy atom. The van der Waals surface area contributed by atoms with Gasteiger partial charge in [-0.25, -0.2) is 18.7 Å². The average Bonchev–Trinajstić information content (AvgIpc) is 3.46. The van der Waals surface area contributed by atoms with Crippen molar-refractivity contribution in [2.24, 2.45) is 5.73 Å². The average molecular weight is 437 g/mol. The summed E-state index contributed by atoms with van der Waals surface area (Å²) in [7, 11) is 0. The molecule has 5 rings (SSSR count). The second-order valence-electron chi connectivity index (χ2n) is 7.76. The number of hydrogen-bond donors (Lipinski definition) is 1. The van der Waals surface area contributed by atoms with E-state index in [4.69, 9.17) is 10.3 Å². The highest BCUT2D eigenvalue weighted by Gasteiger charge is 2.23. The number of piperidine rings is 1. The molecule has 0 bridgehead atoms. The lowest BCUT2D eigenvalue weighted by atomic mass is 10.1. The molecule has 10 heteroatoms. The Hall–Kier alpha value is -3.66. The Morgan fingerprint density at radius 2 is 2.00 bits per heavy atom. The van der Waals surface area contributed by atoms with Gasteiger partial charge < -0.3 is 15.2 Å². The maximum Gasteiger partial charge on any atom is 0.183 e. The van der Waals surface area contributed by atoms with Crippen LogP contribution in [0, 0.1) is 11.6 Å². The molecule has 0 saturated carbocycles. The fourth-order valence-electron chi connectivity index (χ4n) is 3.89. The lowest BCUT2D eigenvalue weighted by Crippen LogP contribution is -2.43. The molecule has 4 heterocycles. The monoisotopic (exact) mass is 437 g/mol. The Kier molecular flexibility index (Phi) is 5.36. The summed E-state index contributed by atoms with van der Waals surface area (Å²) in [5, 5.41) is 8.56. The van der Waals surface area contributed by atoms with E-state index in [1.807, 2.05) is 4.90 Å². The zero-order chi connectivity index (χ0) is 22.1. The number of anilines is 1. The first kappa shape index (κ1) is 20.3. The van der Waals surface area contributed by atoms with Gasteiger partial charge in [-0.3, -0.25) is 4.68 Å². The van der Waals surface area contributed by atoms with Gasteiger partial charge in [0.2, 0.25) is 0 Å². The van der Waals surface area contributed by atoms with Crippen molar-refractivity contribution in [1.82, 2.24) is 24.9 Å². The third kappa shape index (κ3) is 3.96. The van der Waals surface area contributed by atoms with E-state index in [0.717, 1.165) is 19.0 Å². The third-order valence-corrected chi connectivity index (χ3v) is 5.47. The van der Waals surface area contributed by atoms with Crippen molar-refractivity contribution in [3.63, 3.8) is 0 Å². The van der Waals surface area contributed by atoms with Gasteiger partial charge in [0, 0.05) is 30.8 Å². The second kappa shape index (κ2) is 8.46. The Morgan fingerprint density at radius 1 is 1.12 bits per heavy atom. The fourth-order valence-corrected chi connectivity index (χ4v) is 3.89. The molecule has 1 fully saturated rings. The molecular weight excluding hydrogens is 416 g/mol. The van der Waals surface area contributed by atoms with Crippen LogP contribution in [0.2, 0.25) is 0 Å². The minimum Gasteiger partial charge on any atom is -0.364 e. The van der Waals surface area contributed by atoms with Crippen molar-refractivity contribution >= 4 is 5.82 Å². The summed E-state index contributed by atoms with van der Waals surface area (Å²) in [5.41, 5.74) is 8.08. The summed E-state index contributed by atoms with van der Waals surface area (Å²) in [6, 6.07) is 9.87. The molecule has 0 radical (unpaired) electrons. The molecule has 32 heavy (non-hydrogen) atoms. The van der Waals surface area contributed by atoms with Gasteiger partial charge in [0.15, 0.2) is 17.5 Å². The summed E-state index contributed by atoms with van der Waals surface area (Å²) >= 11 is 0. The largest absolute Gasteiger partial charge is 0.364 e. The third-order valence-electron chi connectivity index (χ3n) is 5.47. The minimum absolute atomic E-state index is 0.0275. The maximum absolute atomic E-state index is 14.5. The van der Waals surface area contributed by atoms with Crippen molar-refractivity contribution in [2.75, 3.05) is 18.0 Å². The van der Waals surface area contributed by atoms with Crippen molar-refractivity contribution in [3.05, 3.63) is 66.1 Å². The number of aromatic nitrogens is 5. The smallest absolute Gasteiger partial charge is 0.183 e. The fraction of sp³-hybridized carbons (Fsp3) is 0.273. The summed E-state index contributed by atoms with van der Waals surface area (Å²) in [6.45, 7) is 1.37. The van der Waals surface area contributed by atoms with Gasteiger partial charge in [0.1, 0.15) is 23.5 Å². The summed E-state index contributed by atoms with van der Waals surface area (Å²) < 4.78 is 35.4. The molecule has 1 aliphatic rings. The van der Waals surface area contributed by atoms with Crippen molar-refractivity contribution in [1.29, 1.82) is 0 Å². The van der Waals surface area contributed by atoms with Crippen LogP contribution in [0.15, 0.2) is 53.4 Å². The maximum atomic E-state index is 14.5. The first-order valence-corrected chi connectivity index (χ1v) is 10.3. The van der Waals surface area contributed by atoms with Crippen LogP contribution in [-0.2, 0) is 6.54 Å². The van der Waals surface area contributed by atoms with E-state index in [9.17, 15) is 8.78 Å². The zero-order valence-corrected chi connectivity index (χ0v) is 17.2. The second-order valence-corrected chi connectivity index (χ2v) is 7.76. The molecule has 164 valence electrons.